The summed E-state index contributed by atoms with van der Waals surface area (Å²) in [6.45, 7) is 8.45. The van der Waals surface area contributed by atoms with E-state index in [4.69, 9.17) is 4.42 Å². The maximum atomic E-state index is 5.83. The van der Waals surface area contributed by atoms with Gasteiger partial charge < -0.3 is 9.73 Å². The van der Waals surface area contributed by atoms with E-state index in [1.54, 1.807) is 0 Å². The van der Waals surface area contributed by atoms with Gasteiger partial charge in [0.05, 0.1) is 13.1 Å². The third kappa shape index (κ3) is 4.83. The van der Waals surface area contributed by atoms with E-state index in [2.05, 4.69) is 43.2 Å². The molecular weight excluding hydrogens is 224 g/mol. The van der Waals surface area contributed by atoms with Crippen molar-refractivity contribution in [2.24, 2.45) is 11.8 Å². The predicted molar refractivity (Wildman–Crippen MR) is 74.3 cm³/mol. The molecule has 0 aliphatic heterocycles. The van der Waals surface area contributed by atoms with Crippen LogP contribution in [0.4, 0.5) is 0 Å². The van der Waals surface area contributed by atoms with Gasteiger partial charge in [-0.15, -0.1) is 0 Å². The smallest absolute Gasteiger partial charge is 0.118 e. The number of nitrogens with zero attached hydrogens (tertiary/aromatic N) is 1. The Labute approximate surface area is 111 Å². The largest absolute Gasteiger partial charge is 0.463 e. The topological polar surface area (TPSA) is 28.4 Å². The van der Waals surface area contributed by atoms with E-state index in [0.717, 1.165) is 37.1 Å². The minimum absolute atomic E-state index is 0.684. The summed E-state index contributed by atoms with van der Waals surface area (Å²) < 4.78 is 5.83. The average molecular weight is 250 g/mol. The van der Waals surface area contributed by atoms with Crippen LogP contribution in [0.15, 0.2) is 16.5 Å². The molecule has 1 aromatic heterocycles. The number of hydrogen-bond acceptors (Lipinski definition) is 3. The van der Waals surface area contributed by atoms with Crippen molar-refractivity contribution in [3.63, 3.8) is 0 Å². The van der Waals surface area contributed by atoms with E-state index in [1.165, 1.54) is 19.4 Å². The van der Waals surface area contributed by atoms with E-state index in [9.17, 15) is 0 Å². The van der Waals surface area contributed by atoms with Crippen LogP contribution in [0.3, 0.4) is 0 Å². The lowest BCUT2D eigenvalue weighted by molar-refractivity contribution is 0.279. The van der Waals surface area contributed by atoms with Gasteiger partial charge in [-0.25, -0.2) is 0 Å². The highest BCUT2D eigenvalue weighted by atomic mass is 16.3. The predicted octanol–water partition coefficient (Wildman–Crippen LogP) is 2.87. The molecule has 0 spiro atoms. The molecule has 1 aromatic rings. The van der Waals surface area contributed by atoms with Crippen molar-refractivity contribution in [3.8, 4) is 0 Å². The third-order valence-electron chi connectivity index (χ3n) is 3.26. The summed E-state index contributed by atoms with van der Waals surface area (Å²) in [5.74, 6) is 3.76. The molecule has 18 heavy (non-hydrogen) atoms. The molecule has 0 atom stereocenters. The van der Waals surface area contributed by atoms with Crippen LogP contribution in [-0.4, -0.2) is 25.0 Å². The van der Waals surface area contributed by atoms with Crippen molar-refractivity contribution >= 4 is 0 Å². The number of furan rings is 1. The molecule has 3 nitrogen and oxygen atoms in total. The summed E-state index contributed by atoms with van der Waals surface area (Å²) in [5.41, 5.74) is 0. The highest BCUT2D eigenvalue weighted by molar-refractivity contribution is 5.07. The Hall–Kier alpha value is -0.800. The van der Waals surface area contributed by atoms with Gasteiger partial charge in [0.1, 0.15) is 11.5 Å². The molecule has 1 aliphatic carbocycles. The van der Waals surface area contributed by atoms with Gasteiger partial charge in [-0.1, -0.05) is 13.8 Å². The highest BCUT2D eigenvalue weighted by Crippen LogP contribution is 2.29. The molecule has 0 radical (unpaired) electrons. The normalized spacial score (nSPS) is 15.8. The van der Waals surface area contributed by atoms with E-state index < -0.39 is 0 Å². The Kier molecular flexibility index (Phi) is 4.84. The molecule has 0 bridgehead atoms. The first-order valence-electron chi connectivity index (χ1n) is 7.10. The Balaban J connectivity index is 1.71. The van der Waals surface area contributed by atoms with Gasteiger partial charge in [0.15, 0.2) is 0 Å². The van der Waals surface area contributed by atoms with Gasteiger partial charge in [0.25, 0.3) is 0 Å². The summed E-state index contributed by atoms with van der Waals surface area (Å²) in [7, 11) is 2.18. The minimum atomic E-state index is 0.684. The summed E-state index contributed by atoms with van der Waals surface area (Å²) in [6.07, 6.45) is 2.82. The molecule has 1 fully saturated rings. The molecule has 0 aromatic carbocycles. The van der Waals surface area contributed by atoms with Crippen molar-refractivity contribution in [3.05, 3.63) is 23.7 Å². The Morgan fingerprint density at radius 2 is 2.06 bits per heavy atom. The Bertz CT molecular complexity index is 355. The fourth-order valence-corrected chi connectivity index (χ4v) is 2.16. The molecule has 1 aliphatic rings. The third-order valence-corrected chi connectivity index (χ3v) is 3.26. The van der Waals surface area contributed by atoms with Crippen molar-refractivity contribution in [2.75, 3.05) is 20.1 Å². The molecular formula is C15H26N2O. The summed E-state index contributed by atoms with van der Waals surface area (Å²) in [4.78, 5) is 2.36. The second-order valence-electron chi connectivity index (χ2n) is 6.03. The number of rotatable bonds is 8. The second-order valence-corrected chi connectivity index (χ2v) is 6.03. The maximum absolute atomic E-state index is 5.83. The average Bonchev–Trinajstić information content (AvgIpc) is 2.98. The van der Waals surface area contributed by atoms with Crippen molar-refractivity contribution in [1.29, 1.82) is 0 Å². The van der Waals surface area contributed by atoms with Crippen LogP contribution >= 0.6 is 0 Å². The fraction of sp³-hybridized carbons (Fsp3) is 0.733. The van der Waals surface area contributed by atoms with Crippen LogP contribution in [0.1, 0.15) is 38.2 Å². The molecule has 0 saturated heterocycles. The zero-order valence-electron chi connectivity index (χ0n) is 11.9. The second kappa shape index (κ2) is 6.39. The summed E-state index contributed by atoms with van der Waals surface area (Å²) in [5, 5.41) is 3.40. The van der Waals surface area contributed by atoms with Crippen LogP contribution in [0, 0.1) is 11.8 Å². The van der Waals surface area contributed by atoms with Gasteiger partial charge in [-0.2, -0.15) is 0 Å². The van der Waals surface area contributed by atoms with Crippen molar-refractivity contribution < 1.29 is 4.42 Å². The Morgan fingerprint density at radius 1 is 1.33 bits per heavy atom. The van der Waals surface area contributed by atoms with Gasteiger partial charge in [-0.3, -0.25) is 4.90 Å². The fourth-order valence-electron chi connectivity index (χ4n) is 2.16. The van der Waals surface area contributed by atoms with Crippen LogP contribution < -0.4 is 5.32 Å². The zero-order valence-corrected chi connectivity index (χ0v) is 11.9. The molecule has 1 heterocycles. The van der Waals surface area contributed by atoms with Gasteiger partial charge in [-0.05, 0) is 50.4 Å². The lowest BCUT2D eigenvalue weighted by atomic mass is 10.2. The molecule has 1 N–H and O–H groups in total. The molecule has 102 valence electrons. The van der Waals surface area contributed by atoms with Crippen LogP contribution in [0.25, 0.3) is 0 Å². The minimum Gasteiger partial charge on any atom is -0.463 e. The first kappa shape index (κ1) is 13.6. The van der Waals surface area contributed by atoms with Crippen LogP contribution in [-0.2, 0) is 13.1 Å². The molecule has 2 rings (SSSR count). The van der Waals surface area contributed by atoms with Gasteiger partial charge >= 0.3 is 0 Å². The van der Waals surface area contributed by atoms with Crippen molar-refractivity contribution in [1.82, 2.24) is 10.2 Å². The SMILES string of the molecule is CC(C)CNCc1ccc(CN(C)CC2CC2)o1. The summed E-state index contributed by atoms with van der Waals surface area (Å²) in [6, 6.07) is 4.20. The highest BCUT2D eigenvalue weighted by Gasteiger charge is 2.23. The van der Waals surface area contributed by atoms with E-state index in [1.807, 2.05) is 0 Å². The van der Waals surface area contributed by atoms with Gasteiger partial charge in [0.2, 0.25) is 0 Å². The molecule has 0 amide bonds. The van der Waals surface area contributed by atoms with Crippen LogP contribution in [0.5, 0.6) is 0 Å². The monoisotopic (exact) mass is 250 g/mol. The Morgan fingerprint density at radius 3 is 2.72 bits per heavy atom. The number of hydrogen-bond donors (Lipinski definition) is 1. The van der Waals surface area contributed by atoms with Gasteiger partial charge in [0, 0.05) is 6.54 Å². The lowest BCUT2D eigenvalue weighted by Crippen LogP contribution is -2.20. The van der Waals surface area contributed by atoms with E-state index >= 15 is 0 Å². The molecule has 1 saturated carbocycles. The lowest BCUT2D eigenvalue weighted by Gasteiger charge is -2.14. The maximum Gasteiger partial charge on any atom is 0.118 e. The van der Waals surface area contributed by atoms with E-state index in [-0.39, 0.29) is 0 Å². The van der Waals surface area contributed by atoms with Crippen LogP contribution in [0.2, 0.25) is 0 Å². The molecule has 3 heteroatoms. The number of nitrogens with one attached hydrogen (secondary N) is 1. The van der Waals surface area contributed by atoms with Crippen molar-refractivity contribution in [2.45, 2.75) is 39.8 Å². The molecule has 0 unspecified atom stereocenters. The van der Waals surface area contributed by atoms with E-state index in [0.29, 0.717) is 5.92 Å². The zero-order chi connectivity index (χ0) is 13.0. The quantitative estimate of drug-likeness (QED) is 0.769. The standard InChI is InChI=1S/C15H26N2O/c1-12(2)8-16-9-14-6-7-15(18-14)11-17(3)10-13-4-5-13/h6-7,12-13,16H,4-5,8-11H2,1-3H3. The first-order valence-corrected chi connectivity index (χ1v) is 7.10. The summed E-state index contributed by atoms with van der Waals surface area (Å²) >= 11 is 0. The first-order chi connectivity index (χ1) is 8.63.